The number of amides is 1. The Bertz CT molecular complexity index is 467. The van der Waals surface area contributed by atoms with Crippen molar-refractivity contribution in [1.82, 2.24) is 20.4 Å². The zero-order valence-corrected chi connectivity index (χ0v) is 17.8. The number of carbonyl (C=O) groups excluding carboxylic acids is 1. The number of nitrogens with one attached hydrogen (secondary N) is 2. The predicted octanol–water partition coefficient (Wildman–Crippen LogP) is 2.60. The van der Waals surface area contributed by atoms with Gasteiger partial charge in [-0.05, 0) is 59.4 Å². The van der Waals surface area contributed by atoms with E-state index in [0.717, 1.165) is 64.4 Å². The molecule has 0 aromatic heterocycles. The summed E-state index contributed by atoms with van der Waals surface area (Å²) in [6.45, 7) is 12.3. The lowest BCUT2D eigenvalue weighted by molar-refractivity contribution is -0.130. The lowest BCUT2D eigenvalue weighted by Gasteiger charge is -2.37. The minimum absolute atomic E-state index is 0.331. The average molecular weight is 380 g/mol. The van der Waals surface area contributed by atoms with Gasteiger partial charge in [-0.1, -0.05) is 12.8 Å². The Labute approximate surface area is 166 Å². The van der Waals surface area contributed by atoms with Crippen molar-refractivity contribution in [3.8, 4) is 0 Å². The fourth-order valence-corrected chi connectivity index (χ4v) is 4.20. The zero-order chi connectivity index (χ0) is 19.5. The van der Waals surface area contributed by atoms with Gasteiger partial charge in [0.2, 0.25) is 5.91 Å². The maximum atomic E-state index is 12.1. The van der Waals surface area contributed by atoms with Crippen LogP contribution in [0.1, 0.15) is 72.1 Å². The molecule has 2 N–H and O–H groups in total. The van der Waals surface area contributed by atoms with Crippen molar-refractivity contribution in [3.05, 3.63) is 0 Å². The van der Waals surface area contributed by atoms with E-state index in [0.29, 0.717) is 18.0 Å². The van der Waals surface area contributed by atoms with Crippen LogP contribution in [0.15, 0.2) is 4.99 Å². The number of hydrogen-bond acceptors (Lipinski definition) is 3. The SMILES string of the molecule is CCNC(=NCC(C)N1CCCCC1C)NCCCN1CCCCCC1=O. The monoisotopic (exact) mass is 379 g/mol. The van der Waals surface area contributed by atoms with Gasteiger partial charge in [-0.25, -0.2) is 0 Å². The van der Waals surface area contributed by atoms with E-state index in [1.54, 1.807) is 0 Å². The van der Waals surface area contributed by atoms with Gasteiger partial charge in [0.25, 0.3) is 0 Å². The lowest BCUT2D eigenvalue weighted by atomic mass is 10.0. The largest absolute Gasteiger partial charge is 0.357 e. The standard InChI is InChI=1S/C21H41N5O/c1-4-22-21(24-17-19(3)26-16-9-7-11-18(26)2)23-13-10-15-25-14-8-5-6-12-20(25)27/h18-19H,4-17H2,1-3H3,(H2,22,23,24). The molecular formula is C21H41N5O. The van der Waals surface area contributed by atoms with Crippen molar-refractivity contribution in [2.45, 2.75) is 84.2 Å². The van der Waals surface area contributed by atoms with Crippen LogP contribution in [0.3, 0.4) is 0 Å². The van der Waals surface area contributed by atoms with Crippen molar-refractivity contribution >= 4 is 11.9 Å². The molecule has 0 spiro atoms. The van der Waals surface area contributed by atoms with Gasteiger partial charge < -0.3 is 15.5 Å². The van der Waals surface area contributed by atoms with Crippen LogP contribution in [0.25, 0.3) is 0 Å². The molecule has 2 rings (SSSR count). The predicted molar refractivity (Wildman–Crippen MR) is 113 cm³/mol. The number of guanidine groups is 1. The van der Waals surface area contributed by atoms with Crippen molar-refractivity contribution < 1.29 is 4.79 Å². The molecule has 27 heavy (non-hydrogen) atoms. The first-order chi connectivity index (χ1) is 13.1. The third-order valence-corrected chi connectivity index (χ3v) is 5.85. The second-order valence-corrected chi connectivity index (χ2v) is 8.12. The summed E-state index contributed by atoms with van der Waals surface area (Å²) in [6.07, 6.45) is 9.06. The molecule has 0 saturated carbocycles. The molecule has 1 amide bonds. The van der Waals surface area contributed by atoms with E-state index in [9.17, 15) is 4.79 Å². The summed E-state index contributed by atoms with van der Waals surface area (Å²) in [7, 11) is 0. The van der Waals surface area contributed by atoms with E-state index in [1.165, 1.54) is 32.2 Å². The van der Waals surface area contributed by atoms with Gasteiger partial charge in [0, 0.05) is 44.7 Å². The summed E-state index contributed by atoms with van der Waals surface area (Å²) in [5.74, 6) is 1.23. The fourth-order valence-electron chi connectivity index (χ4n) is 4.20. The molecule has 2 atom stereocenters. The lowest BCUT2D eigenvalue weighted by Crippen LogP contribution is -2.46. The van der Waals surface area contributed by atoms with Crippen LogP contribution >= 0.6 is 0 Å². The normalized spacial score (nSPS) is 23.8. The van der Waals surface area contributed by atoms with E-state index >= 15 is 0 Å². The molecule has 2 saturated heterocycles. The van der Waals surface area contributed by atoms with E-state index in [1.807, 2.05) is 4.90 Å². The van der Waals surface area contributed by atoms with E-state index in [2.05, 4.69) is 36.3 Å². The second-order valence-electron chi connectivity index (χ2n) is 8.12. The number of aliphatic imine (C=N–C) groups is 1. The summed E-state index contributed by atoms with van der Waals surface area (Å²) in [5.41, 5.74) is 0. The maximum Gasteiger partial charge on any atom is 0.222 e. The van der Waals surface area contributed by atoms with Gasteiger partial charge in [-0.2, -0.15) is 0 Å². The average Bonchev–Trinajstić information content (AvgIpc) is 2.87. The molecule has 2 fully saturated rings. The van der Waals surface area contributed by atoms with Gasteiger partial charge in [0.1, 0.15) is 0 Å². The first kappa shape index (κ1) is 22.0. The van der Waals surface area contributed by atoms with Crippen LogP contribution < -0.4 is 10.6 Å². The topological polar surface area (TPSA) is 60.0 Å². The molecule has 0 aromatic rings. The van der Waals surface area contributed by atoms with Crippen LogP contribution in [0.2, 0.25) is 0 Å². The number of carbonyl (C=O) groups is 1. The molecule has 156 valence electrons. The Morgan fingerprint density at radius 1 is 1.19 bits per heavy atom. The molecule has 0 bridgehead atoms. The van der Waals surface area contributed by atoms with Crippen LogP contribution in [0.4, 0.5) is 0 Å². The summed E-state index contributed by atoms with van der Waals surface area (Å²) < 4.78 is 0. The summed E-state index contributed by atoms with van der Waals surface area (Å²) in [5, 5.41) is 6.79. The Kier molecular flexibility index (Phi) is 9.95. The molecule has 2 heterocycles. The molecule has 6 nitrogen and oxygen atoms in total. The summed E-state index contributed by atoms with van der Waals surface area (Å²) in [6, 6.07) is 1.15. The van der Waals surface area contributed by atoms with Gasteiger partial charge in [0.05, 0.1) is 6.54 Å². The van der Waals surface area contributed by atoms with Crippen molar-refractivity contribution in [2.75, 3.05) is 39.3 Å². The highest BCUT2D eigenvalue weighted by molar-refractivity contribution is 5.79. The Morgan fingerprint density at radius 2 is 2.00 bits per heavy atom. The quantitative estimate of drug-likeness (QED) is 0.387. The van der Waals surface area contributed by atoms with Gasteiger partial charge in [0.15, 0.2) is 5.96 Å². The van der Waals surface area contributed by atoms with Gasteiger partial charge in [-0.15, -0.1) is 0 Å². The van der Waals surface area contributed by atoms with Crippen molar-refractivity contribution in [3.63, 3.8) is 0 Å². The van der Waals surface area contributed by atoms with E-state index in [-0.39, 0.29) is 0 Å². The molecular weight excluding hydrogens is 338 g/mol. The maximum absolute atomic E-state index is 12.1. The molecule has 2 unspecified atom stereocenters. The Balaban J connectivity index is 1.73. The van der Waals surface area contributed by atoms with Crippen LogP contribution in [0.5, 0.6) is 0 Å². The van der Waals surface area contributed by atoms with E-state index < -0.39 is 0 Å². The van der Waals surface area contributed by atoms with Crippen LogP contribution in [0, 0.1) is 0 Å². The highest BCUT2D eigenvalue weighted by Crippen LogP contribution is 2.19. The summed E-state index contributed by atoms with van der Waals surface area (Å²) in [4.78, 5) is 21.5. The Morgan fingerprint density at radius 3 is 2.78 bits per heavy atom. The minimum atomic E-state index is 0.331. The Hall–Kier alpha value is -1.30. The second kappa shape index (κ2) is 12.2. The smallest absolute Gasteiger partial charge is 0.222 e. The van der Waals surface area contributed by atoms with Gasteiger partial charge >= 0.3 is 0 Å². The number of piperidine rings is 1. The van der Waals surface area contributed by atoms with Crippen LogP contribution in [-0.4, -0.2) is 73.0 Å². The molecule has 6 heteroatoms. The third kappa shape index (κ3) is 7.68. The van der Waals surface area contributed by atoms with Gasteiger partial charge in [-0.3, -0.25) is 14.7 Å². The van der Waals surface area contributed by atoms with E-state index in [4.69, 9.17) is 4.99 Å². The number of likely N-dealkylation sites (tertiary alicyclic amines) is 2. The van der Waals surface area contributed by atoms with Crippen molar-refractivity contribution in [1.29, 1.82) is 0 Å². The summed E-state index contributed by atoms with van der Waals surface area (Å²) >= 11 is 0. The molecule has 2 aliphatic heterocycles. The highest BCUT2D eigenvalue weighted by atomic mass is 16.2. The zero-order valence-electron chi connectivity index (χ0n) is 17.8. The first-order valence-electron chi connectivity index (χ1n) is 11.2. The van der Waals surface area contributed by atoms with Crippen molar-refractivity contribution in [2.24, 2.45) is 4.99 Å². The third-order valence-electron chi connectivity index (χ3n) is 5.85. The van der Waals surface area contributed by atoms with Crippen LogP contribution in [-0.2, 0) is 4.79 Å². The minimum Gasteiger partial charge on any atom is -0.357 e. The highest BCUT2D eigenvalue weighted by Gasteiger charge is 2.22. The molecule has 2 aliphatic rings. The number of hydrogen-bond donors (Lipinski definition) is 2. The fraction of sp³-hybridized carbons (Fsp3) is 0.905. The molecule has 0 aliphatic carbocycles. The first-order valence-corrected chi connectivity index (χ1v) is 11.2. The number of nitrogens with zero attached hydrogens (tertiary/aromatic N) is 3. The molecule has 0 aromatic carbocycles. The molecule has 0 radical (unpaired) electrons. The number of rotatable bonds is 8.